The van der Waals surface area contributed by atoms with E-state index in [0.29, 0.717) is 34.3 Å². The fraction of sp³-hybridized carbons (Fsp3) is 0.200. The van der Waals surface area contributed by atoms with E-state index < -0.39 is 10.2 Å². The Morgan fingerprint density at radius 1 is 0.522 bits per heavy atom. The Balaban J connectivity index is 1.72. The number of hydrogen-bond donors (Lipinski definition) is 0. The van der Waals surface area contributed by atoms with Crippen LogP contribution in [0, 0.1) is 34.6 Å². The van der Waals surface area contributed by atoms with Crippen molar-refractivity contribution in [2.24, 2.45) is 0 Å². The van der Waals surface area contributed by atoms with Gasteiger partial charge in [0, 0.05) is 34.6 Å². The first-order chi connectivity index (χ1) is 21.7. The molecule has 0 aliphatic carbocycles. The minimum Gasteiger partial charge on any atom is -0.303 e. The zero-order valence-electron chi connectivity index (χ0n) is 26.6. The minimum absolute atomic E-state index is 0.368. The van der Waals surface area contributed by atoms with Gasteiger partial charge in [0.15, 0.2) is 11.6 Å². The number of pyridine rings is 2. The standard InChI is InChI=1S/C35H27B6N5/c1-18-19(2)21(4)27(22(5)20(18)3)46(32-28(34(36,37)38)44-16-14-23-10-6-8-12-25(23)30(44)42-32)33-29(35(39,40)41)45-17-15-24-11-7-9-13-26(24)31(45)43-33/h6-17H,1-5H3. The molecule has 7 rings (SSSR count). The summed E-state index contributed by atoms with van der Waals surface area (Å²) in [6, 6.07) is 19.9. The molecule has 0 fully saturated rings. The van der Waals surface area contributed by atoms with Crippen LogP contribution in [0.15, 0.2) is 73.1 Å². The molecule has 0 saturated heterocycles. The van der Waals surface area contributed by atoms with Gasteiger partial charge in [0.1, 0.15) is 11.3 Å². The van der Waals surface area contributed by atoms with Gasteiger partial charge in [-0.25, -0.2) is 9.97 Å². The van der Waals surface area contributed by atoms with E-state index in [4.69, 9.17) is 57.0 Å². The molecule has 7 aromatic rings. The van der Waals surface area contributed by atoms with Crippen LogP contribution in [0.4, 0.5) is 17.3 Å². The third-order valence-electron chi connectivity index (χ3n) is 9.42. The van der Waals surface area contributed by atoms with Crippen LogP contribution in [0.5, 0.6) is 0 Å². The maximum atomic E-state index is 6.61. The van der Waals surface area contributed by atoms with Crippen molar-refractivity contribution in [1.82, 2.24) is 18.8 Å². The van der Waals surface area contributed by atoms with E-state index >= 15 is 0 Å². The van der Waals surface area contributed by atoms with Gasteiger partial charge in [-0.05, 0) is 85.3 Å². The van der Waals surface area contributed by atoms with Gasteiger partial charge in [0.2, 0.25) is 0 Å². The average Bonchev–Trinajstić information content (AvgIpc) is 3.61. The summed E-state index contributed by atoms with van der Waals surface area (Å²) in [5, 5.41) is 0.171. The zero-order chi connectivity index (χ0) is 32.9. The van der Waals surface area contributed by atoms with E-state index in [0.717, 1.165) is 49.5 Å². The van der Waals surface area contributed by atoms with Crippen LogP contribution in [0.1, 0.15) is 39.2 Å². The summed E-state index contributed by atoms with van der Waals surface area (Å²) in [7, 11) is 39.6. The predicted molar refractivity (Wildman–Crippen MR) is 195 cm³/mol. The van der Waals surface area contributed by atoms with Gasteiger partial charge in [-0.1, -0.05) is 58.8 Å². The van der Waals surface area contributed by atoms with Crippen LogP contribution in [0.25, 0.3) is 32.8 Å². The second kappa shape index (κ2) is 10.4. The number of hydrogen-bond acceptors (Lipinski definition) is 3. The highest BCUT2D eigenvalue weighted by Gasteiger charge is 2.36. The maximum Gasteiger partial charge on any atom is 0.159 e. The van der Waals surface area contributed by atoms with Crippen molar-refractivity contribution in [3.8, 4) is 0 Å². The largest absolute Gasteiger partial charge is 0.303 e. The third kappa shape index (κ3) is 4.45. The molecule has 4 aromatic heterocycles. The molecule has 210 valence electrons. The van der Waals surface area contributed by atoms with Crippen LogP contribution < -0.4 is 4.90 Å². The fourth-order valence-electron chi connectivity index (χ4n) is 6.76. The van der Waals surface area contributed by atoms with Crippen LogP contribution in [0.3, 0.4) is 0 Å². The number of imidazole rings is 2. The van der Waals surface area contributed by atoms with E-state index in [-0.39, 0.29) is 0 Å². The maximum absolute atomic E-state index is 6.61. The highest BCUT2D eigenvalue weighted by atomic mass is 15.3. The Hall–Kier alpha value is -4.25. The lowest BCUT2D eigenvalue weighted by molar-refractivity contribution is 0.991. The number of nitrogens with zero attached hydrogens (tertiary/aromatic N) is 5. The molecule has 0 N–H and O–H groups in total. The molecule has 3 aromatic carbocycles. The van der Waals surface area contributed by atoms with Crippen LogP contribution in [0.2, 0.25) is 0 Å². The first-order valence-corrected chi connectivity index (χ1v) is 15.1. The van der Waals surface area contributed by atoms with Crippen LogP contribution in [-0.2, 0) is 10.2 Å². The number of rotatable bonds is 5. The lowest BCUT2D eigenvalue weighted by atomic mass is 9.41. The van der Waals surface area contributed by atoms with Gasteiger partial charge in [-0.3, -0.25) is 4.90 Å². The first kappa shape index (κ1) is 30.4. The SMILES string of the molecule is [B]C([B])([B])c1c(N(c2nc3c4ccccc4ccn3c2C([B])([B])[B])c2c(C)c(C)c(C)c(C)c2C)nc2c3ccccc3ccn12. The van der Waals surface area contributed by atoms with Crippen molar-refractivity contribution < 1.29 is 0 Å². The minimum atomic E-state index is -1.82. The van der Waals surface area contributed by atoms with E-state index in [2.05, 4.69) is 34.6 Å². The summed E-state index contributed by atoms with van der Waals surface area (Å²) >= 11 is 0. The Morgan fingerprint density at radius 2 is 0.891 bits per heavy atom. The summed E-state index contributed by atoms with van der Waals surface area (Å²) < 4.78 is 3.68. The van der Waals surface area contributed by atoms with Gasteiger partial charge >= 0.3 is 0 Å². The lowest BCUT2D eigenvalue weighted by Gasteiger charge is -2.33. The summed E-state index contributed by atoms with van der Waals surface area (Å²) in [4.78, 5) is 12.4. The number of fused-ring (bicyclic) bond motifs is 6. The third-order valence-corrected chi connectivity index (χ3v) is 9.42. The van der Waals surface area contributed by atoms with Crippen LogP contribution >= 0.6 is 0 Å². The van der Waals surface area contributed by atoms with Crippen molar-refractivity contribution in [2.45, 2.75) is 44.8 Å². The molecule has 0 atom stereocenters. The fourth-order valence-corrected chi connectivity index (χ4v) is 6.76. The molecule has 0 saturated carbocycles. The number of aromatic nitrogens is 4. The molecule has 0 bridgehead atoms. The Kier molecular flexibility index (Phi) is 6.86. The average molecular weight is 583 g/mol. The highest BCUT2D eigenvalue weighted by molar-refractivity contribution is 6.59. The molecule has 12 radical (unpaired) electrons. The molecule has 0 aliphatic rings. The van der Waals surface area contributed by atoms with E-state index in [9.17, 15) is 0 Å². The monoisotopic (exact) mass is 583 g/mol. The molecular weight excluding hydrogens is 555 g/mol. The lowest BCUT2D eigenvalue weighted by Crippen LogP contribution is -2.33. The molecule has 46 heavy (non-hydrogen) atoms. The predicted octanol–water partition coefficient (Wildman–Crippen LogP) is 5.53. The normalized spacial score (nSPS) is 12.5. The van der Waals surface area contributed by atoms with E-state index in [1.54, 1.807) is 0 Å². The number of benzene rings is 3. The van der Waals surface area contributed by atoms with Crippen molar-refractivity contribution in [2.75, 3.05) is 4.90 Å². The summed E-state index contributed by atoms with van der Waals surface area (Å²) in [6.07, 6.45) is 3.76. The molecule has 11 heteroatoms. The topological polar surface area (TPSA) is 37.8 Å². The molecule has 0 unspecified atom stereocenters. The quantitative estimate of drug-likeness (QED) is 0.251. The van der Waals surface area contributed by atoms with Gasteiger partial charge in [-0.2, -0.15) is 0 Å². The summed E-state index contributed by atoms with van der Waals surface area (Å²) in [5.74, 6) is 0.770. The first-order valence-electron chi connectivity index (χ1n) is 15.1. The van der Waals surface area contributed by atoms with Crippen molar-refractivity contribution in [3.63, 3.8) is 0 Å². The molecule has 0 amide bonds. The van der Waals surface area contributed by atoms with E-state index in [1.807, 2.05) is 86.8 Å². The Labute approximate surface area is 277 Å². The van der Waals surface area contributed by atoms with Gasteiger partial charge in [0.05, 0.1) is 52.8 Å². The van der Waals surface area contributed by atoms with Crippen molar-refractivity contribution in [1.29, 1.82) is 0 Å². The van der Waals surface area contributed by atoms with Gasteiger partial charge in [0.25, 0.3) is 0 Å². The molecular formula is C35H27B6N5. The second-order valence-electron chi connectivity index (χ2n) is 12.4. The molecule has 0 spiro atoms. The molecule has 5 nitrogen and oxygen atoms in total. The van der Waals surface area contributed by atoms with Gasteiger partial charge in [-0.15, -0.1) is 0 Å². The Bertz CT molecular complexity index is 2200. The highest BCUT2D eigenvalue weighted by Crippen LogP contribution is 2.47. The Morgan fingerprint density at radius 3 is 1.28 bits per heavy atom. The second-order valence-corrected chi connectivity index (χ2v) is 12.4. The summed E-state index contributed by atoms with van der Waals surface area (Å²) in [5.41, 5.74) is 8.27. The van der Waals surface area contributed by atoms with Crippen LogP contribution in [-0.4, -0.2) is 65.8 Å². The smallest absolute Gasteiger partial charge is 0.159 e. The van der Waals surface area contributed by atoms with E-state index in [1.165, 1.54) is 5.56 Å². The molecule has 4 heterocycles. The number of anilines is 3. The van der Waals surface area contributed by atoms with Crippen molar-refractivity contribution >= 4 is 97.2 Å². The molecule has 0 aliphatic heterocycles. The van der Waals surface area contributed by atoms with Gasteiger partial charge < -0.3 is 8.80 Å². The van der Waals surface area contributed by atoms with Crippen molar-refractivity contribution in [3.05, 3.63) is 112 Å². The summed E-state index contributed by atoms with van der Waals surface area (Å²) in [6.45, 7) is 10.5. The zero-order valence-corrected chi connectivity index (χ0v) is 26.6.